The smallest absolute Gasteiger partial charge is 0.243 e. The van der Waals surface area contributed by atoms with Gasteiger partial charge in [-0.3, -0.25) is 4.90 Å². The van der Waals surface area contributed by atoms with Crippen molar-refractivity contribution in [3.05, 3.63) is 23.8 Å². The van der Waals surface area contributed by atoms with Gasteiger partial charge in [-0.15, -0.1) is 0 Å². The third kappa shape index (κ3) is 4.00. The summed E-state index contributed by atoms with van der Waals surface area (Å²) >= 11 is 0. The van der Waals surface area contributed by atoms with Crippen LogP contribution < -0.4 is 4.74 Å². The monoisotopic (exact) mass is 368 g/mol. The Labute approximate surface area is 150 Å². The lowest BCUT2D eigenvalue weighted by Crippen LogP contribution is -2.55. The van der Waals surface area contributed by atoms with E-state index in [1.807, 2.05) is 0 Å². The summed E-state index contributed by atoms with van der Waals surface area (Å²) in [6.07, 6.45) is 2.24. The molecule has 0 saturated carbocycles. The van der Waals surface area contributed by atoms with Gasteiger partial charge < -0.3 is 9.84 Å². The van der Waals surface area contributed by atoms with Gasteiger partial charge in [0.1, 0.15) is 5.75 Å². The van der Waals surface area contributed by atoms with Crippen LogP contribution in [-0.2, 0) is 16.4 Å². The molecule has 2 heterocycles. The minimum atomic E-state index is -3.50. The highest BCUT2D eigenvalue weighted by Gasteiger charge is 2.34. The Bertz CT molecular complexity index is 705. The molecule has 2 atom stereocenters. The predicted molar refractivity (Wildman–Crippen MR) is 96.3 cm³/mol. The predicted octanol–water partition coefficient (Wildman–Crippen LogP) is 1.48. The van der Waals surface area contributed by atoms with E-state index in [9.17, 15) is 13.5 Å². The lowest BCUT2D eigenvalue weighted by molar-refractivity contribution is 0.0613. The number of sulfonamides is 1. The summed E-state index contributed by atoms with van der Waals surface area (Å²) in [6, 6.07) is 5.34. The number of piperazine rings is 1. The van der Waals surface area contributed by atoms with Gasteiger partial charge in [0.25, 0.3) is 0 Å². The average Bonchev–Trinajstić information content (AvgIpc) is 2.61. The Kier molecular flexibility index (Phi) is 5.68. The first-order valence-corrected chi connectivity index (χ1v) is 10.5. The van der Waals surface area contributed by atoms with Crippen LogP contribution in [0.25, 0.3) is 0 Å². The van der Waals surface area contributed by atoms with Crippen molar-refractivity contribution in [3.63, 3.8) is 0 Å². The Balaban J connectivity index is 1.78. The first-order valence-electron chi connectivity index (χ1n) is 9.09. The van der Waals surface area contributed by atoms with E-state index in [-0.39, 0.29) is 6.04 Å². The van der Waals surface area contributed by atoms with Gasteiger partial charge in [0.2, 0.25) is 10.0 Å². The Morgan fingerprint density at radius 2 is 2.16 bits per heavy atom. The lowest BCUT2D eigenvalue weighted by Gasteiger charge is -2.41. The number of hydrogen-bond donors (Lipinski definition) is 1. The minimum absolute atomic E-state index is 0.138. The van der Waals surface area contributed by atoms with Crippen LogP contribution in [0, 0.1) is 0 Å². The van der Waals surface area contributed by atoms with Gasteiger partial charge >= 0.3 is 0 Å². The first kappa shape index (κ1) is 18.6. The van der Waals surface area contributed by atoms with Crippen LogP contribution in [-0.4, -0.2) is 67.7 Å². The molecule has 2 unspecified atom stereocenters. The number of nitrogens with zero attached hydrogens (tertiary/aromatic N) is 2. The number of aryl methyl sites for hydroxylation is 1. The van der Waals surface area contributed by atoms with E-state index >= 15 is 0 Å². The van der Waals surface area contributed by atoms with Gasteiger partial charge in [0, 0.05) is 32.2 Å². The number of β-amino-alcohol motifs (C(OH)–C–C–N with tert-alkyl or cyclic N) is 1. The van der Waals surface area contributed by atoms with E-state index in [0.29, 0.717) is 37.7 Å². The van der Waals surface area contributed by atoms with Gasteiger partial charge in [-0.25, -0.2) is 8.42 Å². The van der Waals surface area contributed by atoms with E-state index in [1.54, 1.807) is 29.4 Å². The molecule has 1 saturated heterocycles. The van der Waals surface area contributed by atoms with Gasteiger partial charge in [-0.1, -0.05) is 6.92 Å². The third-order valence-corrected chi connectivity index (χ3v) is 6.92. The molecule has 7 heteroatoms. The molecule has 3 rings (SSSR count). The quantitative estimate of drug-likeness (QED) is 0.852. The number of hydrogen-bond acceptors (Lipinski definition) is 5. The van der Waals surface area contributed by atoms with Crippen molar-refractivity contribution in [2.75, 3.05) is 32.8 Å². The molecule has 1 N–H and O–H groups in total. The molecular formula is C18H28N2O4S. The van der Waals surface area contributed by atoms with Gasteiger partial charge in [0.05, 0.1) is 17.6 Å². The molecule has 140 valence electrons. The summed E-state index contributed by atoms with van der Waals surface area (Å²) in [5, 5.41) is 9.65. The minimum Gasteiger partial charge on any atom is -0.493 e. The second-order valence-corrected chi connectivity index (χ2v) is 8.93. The SMILES string of the molecule is CCC1CN(S(=O)(=O)c2ccc3c(c2)CCCO3)CCN1CC(C)O. The maximum Gasteiger partial charge on any atom is 0.243 e. The molecule has 2 aliphatic heterocycles. The van der Waals surface area contributed by atoms with Crippen LogP contribution in [0.1, 0.15) is 32.3 Å². The number of aliphatic hydroxyl groups is 1. The normalized spacial score (nSPS) is 23.7. The van der Waals surface area contributed by atoms with E-state index in [4.69, 9.17) is 4.74 Å². The molecule has 1 aromatic rings. The highest BCUT2D eigenvalue weighted by Crippen LogP contribution is 2.29. The number of rotatable bonds is 5. The third-order valence-electron chi connectivity index (χ3n) is 5.06. The lowest BCUT2D eigenvalue weighted by atomic mass is 10.1. The van der Waals surface area contributed by atoms with Gasteiger partial charge in [-0.05, 0) is 49.9 Å². The molecule has 1 aromatic carbocycles. The molecule has 0 radical (unpaired) electrons. The largest absolute Gasteiger partial charge is 0.493 e. The topological polar surface area (TPSA) is 70.1 Å². The van der Waals surface area contributed by atoms with Crippen LogP contribution in [0.15, 0.2) is 23.1 Å². The molecule has 25 heavy (non-hydrogen) atoms. The first-order chi connectivity index (χ1) is 11.9. The fourth-order valence-corrected chi connectivity index (χ4v) is 5.22. The molecule has 6 nitrogen and oxygen atoms in total. The maximum atomic E-state index is 13.1. The zero-order chi connectivity index (χ0) is 18.0. The van der Waals surface area contributed by atoms with Crippen LogP contribution in [0.4, 0.5) is 0 Å². The number of fused-ring (bicyclic) bond motifs is 1. The van der Waals surface area contributed by atoms with Crippen molar-refractivity contribution in [2.24, 2.45) is 0 Å². The Hall–Kier alpha value is -1.15. The molecular weight excluding hydrogens is 340 g/mol. The summed E-state index contributed by atoms with van der Waals surface area (Å²) in [4.78, 5) is 2.55. The highest BCUT2D eigenvalue weighted by molar-refractivity contribution is 7.89. The van der Waals surface area contributed by atoms with Crippen molar-refractivity contribution >= 4 is 10.0 Å². The fraction of sp³-hybridized carbons (Fsp3) is 0.667. The van der Waals surface area contributed by atoms with Crippen LogP contribution >= 0.6 is 0 Å². The number of benzene rings is 1. The molecule has 1 fully saturated rings. The second-order valence-electron chi connectivity index (χ2n) is 6.99. The van der Waals surface area contributed by atoms with Crippen molar-refractivity contribution in [2.45, 2.75) is 50.2 Å². The molecule has 0 spiro atoms. The van der Waals surface area contributed by atoms with Crippen LogP contribution in [0.2, 0.25) is 0 Å². The van der Waals surface area contributed by atoms with Gasteiger partial charge in [0.15, 0.2) is 0 Å². The average molecular weight is 368 g/mol. The molecule has 2 aliphatic rings. The zero-order valence-corrected chi connectivity index (χ0v) is 15.8. The molecule has 0 aromatic heterocycles. The zero-order valence-electron chi connectivity index (χ0n) is 15.0. The number of ether oxygens (including phenoxy) is 1. The summed E-state index contributed by atoms with van der Waals surface area (Å²) in [5.74, 6) is 0.804. The maximum absolute atomic E-state index is 13.1. The van der Waals surface area contributed by atoms with Crippen LogP contribution in [0.5, 0.6) is 5.75 Å². The molecule has 0 bridgehead atoms. The van der Waals surface area contributed by atoms with Crippen molar-refractivity contribution in [3.8, 4) is 5.75 Å². The highest BCUT2D eigenvalue weighted by atomic mass is 32.2. The fourth-order valence-electron chi connectivity index (χ4n) is 3.70. The molecule has 0 aliphatic carbocycles. The summed E-state index contributed by atoms with van der Waals surface area (Å²) in [7, 11) is -3.50. The van der Waals surface area contributed by atoms with Crippen molar-refractivity contribution < 1.29 is 18.3 Å². The summed E-state index contributed by atoms with van der Waals surface area (Å²) in [6.45, 7) is 6.69. The van der Waals surface area contributed by atoms with Crippen LogP contribution in [0.3, 0.4) is 0 Å². The van der Waals surface area contributed by atoms with Gasteiger partial charge in [-0.2, -0.15) is 4.31 Å². The standard InChI is InChI=1S/C18H28N2O4S/c1-3-16-13-20(9-8-19(16)12-14(2)21)25(22,23)17-6-7-18-15(11-17)5-4-10-24-18/h6-7,11,14,16,21H,3-5,8-10,12-13H2,1-2H3. The summed E-state index contributed by atoms with van der Waals surface area (Å²) < 4.78 is 33.3. The Morgan fingerprint density at radius 1 is 1.36 bits per heavy atom. The van der Waals surface area contributed by atoms with E-state index in [2.05, 4.69) is 11.8 Å². The number of aliphatic hydroxyl groups excluding tert-OH is 1. The Morgan fingerprint density at radius 3 is 2.88 bits per heavy atom. The molecule has 0 amide bonds. The second kappa shape index (κ2) is 7.61. The van der Waals surface area contributed by atoms with E-state index in [1.165, 1.54) is 0 Å². The van der Waals surface area contributed by atoms with E-state index < -0.39 is 16.1 Å². The van der Waals surface area contributed by atoms with E-state index in [0.717, 1.165) is 30.6 Å². The summed E-state index contributed by atoms with van der Waals surface area (Å²) in [5.41, 5.74) is 0.979. The van der Waals surface area contributed by atoms with Crippen molar-refractivity contribution in [1.82, 2.24) is 9.21 Å². The van der Waals surface area contributed by atoms with Crippen molar-refractivity contribution in [1.29, 1.82) is 0 Å².